The second kappa shape index (κ2) is 10.7. The smallest absolute Gasteiger partial charge is 0.230 e. The van der Waals surface area contributed by atoms with Crippen molar-refractivity contribution in [3.63, 3.8) is 0 Å². The lowest BCUT2D eigenvalue weighted by molar-refractivity contribution is -0.118. The summed E-state index contributed by atoms with van der Waals surface area (Å²) in [5, 5.41) is 12.2. The summed E-state index contributed by atoms with van der Waals surface area (Å²) in [4.78, 5) is 12.3. The van der Waals surface area contributed by atoms with E-state index in [-0.39, 0.29) is 11.7 Å². The fraction of sp³-hybridized carbons (Fsp3) is 0.318. The van der Waals surface area contributed by atoms with Gasteiger partial charge in [-0.3, -0.25) is 4.79 Å². The highest BCUT2D eigenvalue weighted by Crippen LogP contribution is 2.41. The van der Waals surface area contributed by atoms with Gasteiger partial charge in [0.2, 0.25) is 11.7 Å². The first-order valence-electron chi connectivity index (χ1n) is 9.78. The monoisotopic (exact) mass is 442 g/mol. The van der Waals surface area contributed by atoms with Crippen LogP contribution in [0, 0.1) is 0 Å². The Morgan fingerprint density at radius 2 is 1.71 bits per heavy atom. The molecule has 1 heterocycles. The van der Waals surface area contributed by atoms with Crippen LogP contribution < -0.4 is 19.5 Å². The predicted octanol–water partition coefficient (Wildman–Crippen LogP) is 3.40. The van der Waals surface area contributed by atoms with Gasteiger partial charge in [0.05, 0.1) is 27.1 Å². The van der Waals surface area contributed by atoms with E-state index >= 15 is 0 Å². The van der Waals surface area contributed by atoms with Crippen LogP contribution in [0.3, 0.4) is 0 Å². The third-order valence-corrected chi connectivity index (χ3v) is 5.59. The van der Waals surface area contributed by atoms with Crippen molar-refractivity contribution in [2.75, 3.05) is 27.1 Å². The van der Waals surface area contributed by atoms with E-state index in [1.165, 1.54) is 11.8 Å². The van der Waals surface area contributed by atoms with E-state index < -0.39 is 0 Å². The van der Waals surface area contributed by atoms with Gasteiger partial charge in [0.15, 0.2) is 22.5 Å². The van der Waals surface area contributed by atoms with E-state index in [2.05, 4.69) is 15.5 Å². The Morgan fingerprint density at radius 3 is 2.29 bits per heavy atom. The molecule has 0 aliphatic heterocycles. The maximum absolute atomic E-state index is 12.3. The topological polar surface area (TPSA) is 87.5 Å². The third kappa shape index (κ3) is 5.29. The summed E-state index contributed by atoms with van der Waals surface area (Å²) in [5.41, 5.74) is 1.84. The summed E-state index contributed by atoms with van der Waals surface area (Å²) < 4.78 is 18.2. The number of aromatic nitrogens is 3. The normalized spacial score (nSPS) is 10.6. The van der Waals surface area contributed by atoms with E-state index in [1.807, 2.05) is 54.0 Å². The molecule has 0 saturated carbocycles. The average Bonchev–Trinajstić information content (AvgIpc) is 3.23. The zero-order valence-electron chi connectivity index (χ0n) is 18.0. The first-order chi connectivity index (χ1) is 15.1. The molecule has 0 atom stereocenters. The molecule has 0 aliphatic rings. The first kappa shape index (κ1) is 22.5. The Labute approximate surface area is 185 Å². The third-order valence-electron chi connectivity index (χ3n) is 4.62. The molecule has 3 rings (SSSR count). The number of ether oxygens (including phenoxy) is 3. The van der Waals surface area contributed by atoms with Crippen molar-refractivity contribution in [2.45, 2.75) is 25.2 Å². The van der Waals surface area contributed by atoms with Gasteiger partial charge in [-0.25, -0.2) is 0 Å². The molecule has 0 radical (unpaired) electrons. The molecular weight excluding hydrogens is 416 g/mol. The van der Waals surface area contributed by atoms with E-state index in [0.717, 1.165) is 11.1 Å². The van der Waals surface area contributed by atoms with E-state index in [4.69, 9.17) is 14.2 Å². The van der Waals surface area contributed by atoms with Gasteiger partial charge in [-0.2, -0.15) is 0 Å². The number of methoxy groups -OCH3 is 3. The lowest BCUT2D eigenvalue weighted by Gasteiger charge is -2.14. The molecule has 0 fully saturated rings. The van der Waals surface area contributed by atoms with Gasteiger partial charge < -0.3 is 24.1 Å². The average molecular weight is 443 g/mol. The molecule has 1 amide bonds. The van der Waals surface area contributed by atoms with Crippen molar-refractivity contribution >= 4 is 17.7 Å². The van der Waals surface area contributed by atoms with Crippen LogP contribution in [0.1, 0.15) is 12.5 Å². The largest absolute Gasteiger partial charge is 0.493 e. The van der Waals surface area contributed by atoms with Crippen molar-refractivity contribution in [1.82, 2.24) is 20.1 Å². The minimum atomic E-state index is -0.0613. The Hall–Kier alpha value is -3.20. The summed E-state index contributed by atoms with van der Waals surface area (Å²) in [6, 6.07) is 13.5. The summed E-state index contributed by atoms with van der Waals surface area (Å²) in [6.07, 6.45) is 0. The molecule has 3 aromatic rings. The zero-order valence-corrected chi connectivity index (χ0v) is 18.9. The van der Waals surface area contributed by atoms with Gasteiger partial charge >= 0.3 is 0 Å². The summed E-state index contributed by atoms with van der Waals surface area (Å²) in [7, 11) is 4.70. The van der Waals surface area contributed by atoms with Crippen LogP contribution >= 0.6 is 11.8 Å². The second-order valence-corrected chi connectivity index (χ2v) is 7.46. The Morgan fingerprint density at radius 1 is 1.03 bits per heavy atom. The molecule has 164 valence electrons. The van der Waals surface area contributed by atoms with Gasteiger partial charge in [-0.15, -0.1) is 10.2 Å². The molecule has 8 nitrogen and oxygen atoms in total. The van der Waals surface area contributed by atoms with Gasteiger partial charge in [0, 0.05) is 18.7 Å². The summed E-state index contributed by atoms with van der Waals surface area (Å²) in [6.45, 7) is 3.15. The van der Waals surface area contributed by atoms with Crippen LogP contribution in [0.25, 0.3) is 11.4 Å². The van der Waals surface area contributed by atoms with Crippen molar-refractivity contribution in [2.24, 2.45) is 0 Å². The van der Waals surface area contributed by atoms with Crippen molar-refractivity contribution in [3.05, 3.63) is 48.0 Å². The second-order valence-electron chi connectivity index (χ2n) is 6.52. The molecule has 0 aliphatic carbocycles. The van der Waals surface area contributed by atoms with Crippen LogP contribution in [0.5, 0.6) is 17.2 Å². The number of hydrogen-bond acceptors (Lipinski definition) is 7. The lowest BCUT2D eigenvalue weighted by atomic mass is 10.1. The molecule has 0 spiro atoms. The fourth-order valence-electron chi connectivity index (χ4n) is 3.08. The highest BCUT2D eigenvalue weighted by atomic mass is 32.2. The first-order valence-corrected chi connectivity index (χ1v) is 10.8. The molecule has 0 unspecified atom stereocenters. The Kier molecular flexibility index (Phi) is 7.77. The summed E-state index contributed by atoms with van der Waals surface area (Å²) in [5.74, 6) is 2.44. The minimum Gasteiger partial charge on any atom is -0.493 e. The molecule has 9 heteroatoms. The number of carbonyl (C=O) groups excluding carboxylic acids is 1. The van der Waals surface area contributed by atoms with Gasteiger partial charge in [0.1, 0.15) is 0 Å². The number of thioether (sulfide) groups is 1. The van der Waals surface area contributed by atoms with Gasteiger partial charge in [0.25, 0.3) is 0 Å². The maximum atomic E-state index is 12.3. The van der Waals surface area contributed by atoms with Crippen molar-refractivity contribution < 1.29 is 19.0 Å². The highest BCUT2D eigenvalue weighted by molar-refractivity contribution is 7.99. The zero-order chi connectivity index (χ0) is 22.2. The Balaban J connectivity index is 1.74. The van der Waals surface area contributed by atoms with Crippen molar-refractivity contribution in [1.29, 1.82) is 0 Å². The standard InChI is InChI=1S/C22H26N4O4S/c1-5-26-21(16-11-17(28-2)20(30-4)18(12-16)29-3)24-25-22(26)31-14-19(27)23-13-15-9-7-6-8-10-15/h6-12H,5,13-14H2,1-4H3,(H,23,27). The minimum absolute atomic E-state index is 0.0613. The SMILES string of the molecule is CCn1c(SCC(=O)NCc2ccccc2)nnc1-c1cc(OC)c(OC)c(OC)c1. The maximum Gasteiger partial charge on any atom is 0.230 e. The van der Waals surface area contributed by atoms with E-state index in [1.54, 1.807) is 21.3 Å². The predicted molar refractivity (Wildman–Crippen MR) is 120 cm³/mol. The lowest BCUT2D eigenvalue weighted by Crippen LogP contribution is -2.24. The van der Waals surface area contributed by atoms with Crippen molar-refractivity contribution in [3.8, 4) is 28.6 Å². The van der Waals surface area contributed by atoms with Crippen LogP contribution in [0.4, 0.5) is 0 Å². The molecule has 0 bridgehead atoms. The highest BCUT2D eigenvalue weighted by Gasteiger charge is 2.19. The summed E-state index contributed by atoms with van der Waals surface area (Å²) >= 11 is 1.35. The molecule has 31 heavy (non-hydrogen) atoms. The Bertz CT molecular complexity index is 999. The number of benzene rings is 2. The number of hydrogen-bond donors (Lipinski definition) is 1. The van der Waals surface area contributed by atoms with Gasteiger partial charge in [-0.1, -0.05) is 42.1 Å². The molecule has 0 saturated heterocycles. The van der Waals surface area contributed by atoms with E-state index in [0.29, 0.717) is 41.3 Å². The number of rotatable bonds is 10. The van der Waals surface area contributed by atoms with Crippen LogP contribution in [0.2, 0.25) is 0 Å². The van der Waals surface area contributed by atoms with E-state index in [9.17, 15) is 4.79 Å². The van der Waals surface area contributed by atoms with Crippen LogP contribution in [-0.2, 0) is 17.9 Å². The van der Waals surface area contributed by atoms with Gasteiger partial charge in [-0.05, 0) is 24.6 Å². The van der Waals surface area contributed by atoms with Crippen LogP contribution in [-0.4, -0.2) is 47.8 Å². The molecule has 1 aromatic heterocycles. The fourth-order valence-corrected chi connectivity index (χ4v) is 3.91. The number of carbonyl (C=O) groups is 1. The molecular formula is C22H26N4O4S. The van der Waals surface area contributed by atoms with Crippen LogP contribution in [0.15, 0.2) is 47.6 Å². The molecule has 1 N–H and O–H groups in total. The number of nitrogens with zero attached hydrogens (tertiary/aromatic N) is 3. The number of nitrogens with one attached hydrogen (secondary N) is 1. The number of amides is 1. The molecule has 2 aromatic carbocycles. The quantitative estimate of drug-likeness (QED) is 0.482.